The molecule has 2 rings (SSSR count). The van der Waals surface area contributed by atoms with E-state index in [1.54, 1.807) is 27.4 Å². The molecule has 1 aromatic carbocycles. The molecule has 0 spiro atoms. The molecule has 5 nitrogen and oxygen atoms in total. The molecule has 0 saturated carbocycles. The van der Waals surface area contributed by atoms with Gasteiger partial charge in [-0.2, -0.15) is 0 Å². The summed E-state index contributed by atoms with van der Waals surface area (Å²) in [7, 11) is 4.97. The van der Waals surface area contributed by atoms with E-state index in [0.717, 1.165) is 37.2 Å². The molecule has 5 heteroatoms. The van der Waals surface area contributed by atoms with Gasteiger partial charge in [0.05, 0.1) is 26.4 Å². The lowest BCUT2D eigenvalue weighted by atomic mass is 10.0. The average molecular weight is 295 g/mol. The van der Waals surface area contributed by atoms with Crippen molar-refractivity contribution in [2.45, 2.75) is 25.0 Å². The second kappa shape index (κ2) is 7.64. The van der Waals surface area contributed by atoms with Crippen molar-refractivity contribution in [2.75, 3.05) is 41.0 Å². The Morgan fingerprint density at radius 1 is 1.29 bits per heavy atom. The van der Waals surface area contributed by atoms with Crippen molar-refractivity contribution >= 4 is 0 Å². The average Bonchev–Trinajstić information content (AvgIpc) is 2.54. The molecule has 0 radical (unpaired) electrons. The Morgan fingerprint density at radius 2 is 2.10 bits per heavy atom. The van der Waals surface area contributed by atoms with Gasteiger partial charge in [-0.05, 0) is 31.5 Å². The van der Waals surface area contributed by atoms with Gasteiger partial charge < -0.3 is 19.3 Å². The molecular formula is C16H25NO4. The smallest absolute Gasteiger partial charge is 0.128 e. The zero-order chi connectivity index (χ0) is 15.2. The zero-order valence-electron chi connectivity index (χ0n) is 13.0. The highest BCUT2D eigenvalue weighted by molar-refractivity contribution is 5.42. The third-order valence-electron chi connectivity index (χ3n) is 4.03. The van der Waals surface area contributed by atoms with Gasteiger partial charge in [-0.3, -0.25) is 4.90 Å². The highest BCUT2D eigenvalue weighted by atomic mass is 16.5. The quantitative estimate of drug-likeness (QED) is 0.868. The number of likely N-dealkylation sites (tertiary alicyclic amines) is 1. The summed E-state index contributed by atoms with van der Waals surface area (Å²) < 4.78 is 16.0. The van der Waals surface area contributed by atoms with Crippen molar-refractivity contribution in [1.29, 1.82) is 0 Å². The van der Waals surface area contributed by atoms with Gasteiger partial charge >= 0.3 is 0 Å². The monoisotopic (exact) mass is 295 g/mol. The predicted molar refractivity (Wildman–Crippen MR) is 81.0 cm³/mol. The maximum atomic E-state index is 10.5. The number of hydrogen-bond donors (Lipinski definition) is 1. The molecule has 1 aliphatic heterocycles. The molecule has 1 N–H and O–H groups in total. The summed E-state index contributed by atoms with van der Waals surface area (Å²) in [6.07, 6.45) is 1.88. The maximum absolute atomic E-state index is 10.5. The summed E-state index contributed by atoms with van der Waals surface area (Å²) in [5.41, 5.74) is 0.790. The second-order valence-electron chi connectivity index (χ2n) is 5.38. The van der Waals surface area contributed by atoms with Crippen LogP contribution < -0.4 is 9.47 Å². The number of rotatable bonds is 6. The summed E-state index contributed by atoms with van der Waals surface area (Å²) in [4.78, 5) is 2.24. The molecule has 1 saturated heterocycles. The summed E-state index contributed by atoms with van der Waals surface area (Å²) in [6, 6.07) is 5.50. The minimum Gasteiger partial charge on any atom is -0.497 e. The highest BCUT2D eigenvalue weighted by Gasteiger charge is 2.23. The number of benzene rings is 1. The lowest BCUT2D eigenvalue weighted by Crippen LogP contribution is -2.41. The molecule has 2 unspecified atom stereocenters. The Bertz CT molecular complexity index is 452. The molecule has 1 aromatic rings. The second-order valence-corrected chi connectivity index (χ2v) is 5.38. The van der Waals surface area contributed by atoms with Crippen molar-refractivity contribution in [3.63, 3.8) is 0 Å². The fourth-order valence-electron chi connectivity index (χ4n) is 2.81. The Labute approximate surface area is 126 Å². The predicted octanol–water partition coefficient (Wildman–Crippen LogP) is 1.85. The normalized spacial score (nSPS) is 21.0. The number of β-amino-alcohol motifs (C(OH)–C–C–N with tert-alkyl or cyclic N) is 1. The number of aliphatic hydroxyl groups is 1. The van der Waals surface area contributed by atoms with Gasteiger partial charge in [-0.25, -0.2) is 0 Å². The summed E-state index contributed by atoms with van der Waals surface area (Å²) in [5, 5.41) is 10.5. The van der Waals surface area contributed by atoms with Crippen molar-refractivity contribution in [3.8, 4) is 11.5 Å². The molecule has 1 fully saturated rings. The lowest BCUT2D eigenvalue weighted by molar-refractivity contribution is 0.0124. The van der Waals surface area contributed by atoms with Crippen LogP contribution in [0.5, 0.6) is 11.5 Å². The van der Waals surface area contributed by atoms with Gasteiger partial charge in [0.15, 0.2) is 0 Å². The van der Waals surface area contributed by atoms with Crippen LogP contribution in [0.4, 0.5) is 0 Å². The largest absolute Gasteiger partial charge is 0.497 e. The van der Waals surface area contributed by atoms with Crippen LogP contribution in [-0.4, -0.2) is 57.1 Å². The van der Waals surface area contributed by atoms with Gasteiger partial charge in [0, 0.05) is 31.8 Å². The Balaban J connectivity index is 2.04. The van der Waals surface area contributed by atoms with Crippen LogP contribution in [0, 0.1) is 0 Å². The van der Waals surface area contributed by atoms with E-state index in [0.29, 0.717) is 12.3 Å². The van der Waals surface area contributed by atoms with E-state index in [4.69, 9.17) is 14.2 Å². The molecule has 21 heavy (non-hydrogen) atoms. The van der Waals surface area contributed by atoms with Gasteiger partial charge in [-0.15, -0.1) is 0 Å². The van der Waals surface area contributed by atoms with Crippen LogP contribution in [0.25, 0.3) is 0 Å². The van der Waals surface area contributed by atoms with Gasteiger partial charge in [-0.1, -0.05) is 0 Å². The number of piperidine rings is 1. The Morgan fingerprint density at radius 3 is 2.76 bits per heavy atom. The molecule has 0 aliphatic carbocycles. The lowest BCUT2D eigenvalue weighted by Gasteiger charge is -2.33. The number of hydrogen-bond acceptors (Lipinski definition) is 5. The van der Waals surface area contributed by atoms with Crippen LogP contribution >= 0.6 is 0 Å². The van der Waals surface area contributed by atoms with Crippen molar-refractivity contribution in [2.24, 2.45) is 0 Å². The van der Waals surface area contributed by atoms with E-state index in [9.17, 15) is 5.11 Å². The van der Waals surface area contributed by atoms with Crippen LogP contribution in [0.2, 0.25) is 0 Å². The maximum Gasteiger partial charge on any atom is 0.128 e. The summed E-state index contributed by atoms with van der Waals surface area (Å²) in [6.45, 7) is 2.45. The minimum atomic E-state index is -0.582. The van der Waals surface area contributed by atoms with Crippen molar-refractivity contribution < 1.29 is 19.3 Å². The van der Waals surface area contributed by atoms with Crippen molar-refractivity contribution in [3.05, 3.63) is 23.8 Å². The molecule has 0 amide bonds. The molecule has 1 heterocycles. The van der Waals surface area contributed by atoms with Crippen LogP contribution in [0.3, 0.4) is 0 Å². The number of ether oxygens (including phenoxy) is 3. The van der Waals surface area contributed by atoms with Crippen LogP contribution in [0.1, 0.15) is 24.5 Å². The zero-order valence-corrected chi connectivity index (χ0v) is 13.0. The highest BCUT2D eigenvalue weighted by Crippen LogP contribution is 2.30. The first-order chi connectivity index (χ1) is 10.2. The minimum absolute atomic E-state index is 0.267. The first-order valence-electron chi connectivity index (χ1n) is 7.33. The molecule has 0 bridgehead atoms. The van der Waals surface area contributed by atoms with E-state index < -0.39 is 6.10 Å². The fourth-order valence-corrected chi connectivity index (χ4v) is 2.81. The third-order valence-corrected chi connectivity index (χ3v) is 4.03. The van der Waals surface area contributed by atoms with Crippen LogP contribution in [-0.2, 0) is 4.74 Å². The molecule has 2 atom stereocenters. The number of nitrogens with zero attached hydrogens (tertiary/aromatic N) is 1. The Kier molecular flexibility index (Phi) is 5.85. The standard InChI is InChI=1S/C16H25NO4/c1-19-12-6-7-14(16(9-12)21-3)15(18)11-17-8-4-5-13(10-17)20-2/h6-7,9,13,15,18H,4-5,8,10-11H2,1-3H3. The van der Waals surface area contributed by atoms with Crippen LogP contribution in [0.15, 0.2) is 18.2 Å². The first-order valence-corrected chi connectivity index (χ1v) is 7.33. The first kappa shape index (κ1) is 16.1. The third kappa shape index (κ3) is 4.09. The van der Waals surface area contributed by atoms with E-state index in [1.807, 2.05) is 12.1 Å². The van der Waals surface area contributed by atoms with Gasteiger partial charge in [0.1, 0.15) is 11.5 Å². The topological polar surface area (TPSA) is 51.2 Å². The summed E-state index contributed by atoms with van der Waals surface area (Å²) in [5.74, 6) is 1.38. The fraction of sp³-hybridized carbons (Fsp3) is 0.625. The molecule has 118 valence electrons. The van der Waals surface area contributed by atoms with Gasteiger partial charge in [0.2, 0.25) is 0 Å². The molecule has 1 aliphatic rings. The van der Waals surface area contributed by atoms with E-state index in [2.05, 4.69) is 4.90 Å². The van der Waals surface area contributed by atoms with E-state index in [-0.39, 0.29) is 6.10 Å². The van der Waals surface area contributed by atoms with Crippen molar-refractivity contribution in [1.82, 2.24) is 4.90 Å². The number of aliphatic hydroxyl groups excluding tert-OH is 1. The number of methoxy groups -OCH3 is 3. The SMILES string of the molecule is COc1ccc(C(O)CN2CCCC(OC)C2)c(OC)c1. The van der Waals surface area contributed by atoms with E-state index in [1.165, 1.54) is 0 Å². The summed E-state index contributed by atoms with van der Waals surface area (Å²) >= 11 is 0. The molecular weight excluding hydrogens is 270 g/mol. The van der Waals surface area contributed by atoms with E-state index >= 15 is 0 Å². The molecule has 0 aromatic heterocycles. The Hall–Kier alpha value is -1.30. The van der Waals surface area contributed by atoms with Gasteiger partial charge in [0.25, 0.3) is 0 Å².